The molecule has 5 rings (SSSR count). The van der Waals surface area contributed by atoms with Crippen LogP contribution >= 0.6 is 11.3 Å². The summed E-state index contributed by atoms with van der Waals surface area (Å²) in [4.78, 5) is 33.6. The Morgan fingerprint density at radius 1 is 1.31 bits per heavy atom. The molecule has 3 aromatic rings. The van der Waals surface area contributed by atoms with Crippen molar-refractivity contribution in [1.29, 1.82) is 0 Å². The van der Waals surface area contributed by atoms with Crippen molar-refractivity contribution < 1.29 is 9.59 Å². The highest BCUT2D eigenvalue weighted by atomic mass is 32.1. The fourth-order valence-corrected chi connectivity index (χ4v) is 3.81. The van der Waals surface area contributed by atoms with E-state index >= 15 is 0 Å². The lowest BCUT2D eigenvalue weighted by Gasteiger charge is -2.10. The van der Waals surface area contributed by atoms with Crippen LogP contribution in [0.1, 0.15) is 28.8 Å². The first-order valence-electron chi connectivity index (χ1n) is 9.20. The number of nitrogens with zero attached hydrogens (tertiary/aromatic N) is 4. The smallest absolute Gasteiger partial charge is 0.326 e. The van der Waals surface area contributed by atoms with Gasteiger partial charge in [-0.1, -0.05) is 0 Å². The van der Waals surface area contributed by atoms with Crippen LogP contribution in [0.25, 0.3) is 11.7 Å². The number of aromatic nitrogens is 4. The summed E-state index contributed by atoms with van der Waals surface area (Å²) in [6.45, 7) is 2.69. The molecule has 1 saturated heterocycles. The molecule has 29 heavy (non-hydrogen) atoms. The number of aryl methyl sites for hydroxylation is 1. The number of nitrogens with one attached hydrogen (secondary N) is 4. The second kappa shape index (κ2) is 6.85. The van der Waals surface area contributed by atoms with Gasteiger partial charge in [0.15, 0.2) is 5.65 Å². The average Bonchev–Trinajstić information content (AvgIpc) is 3.11. The summed E-state index contributed by atoms with van der Waals surface area (Å²) in [5, 5.41) is 17.7. The maximum absolute atomic E-state index is 11.9. The minimum absolute atomic E-state index is 0.156. The second-order valence-corrected chi connectivity index (χ2v) is 7.97. The predicted molar refractivity (Wildman–Crippen MR) is 108 cm³/mol. The van der Waals surface area contributed by atoms with Gasteiger partial charge in [0.2, 0.25) is 11.9 Å². The van der Waals surface area contributed by atoms with Gasteiger partial charge in [-0.3, -0.25) is 10.1 Å². The first-order chi connectivity index (χ1) is 14.1. The lowest BCUT2D eigenvalue weighted by molar-refractivity contribution is -0.115. The molecule has 4 N–H and O–H groups in total. The fraction of sp³-hybridized carbons (Fsp3) is 0.278. The van der Waals surface area contributed by atoms with Crippen LogP contribution in [0.15, 0.2) is 23.3 Å². The van der Waals surface area contributed by atoms with E-state index in [1.165, 1.54) is 10.4 Å². The van der Waals surface area contributed by atoms with E-state index in [0.29, 0.717) is 35.7 Å². The van der Waals surface area contributed by atoms with Gasteiger partial charge in [-0.05, 0) is 42.9 Å². The summed E-state index contributed by atoms with van der Waals surface area (Å²) in [5.74, 6) is 0.576. The number of rotatable bonds is 6. The van der Waals surface area contributed by atoms with Crippen LogP contribution in [0.5, 0.6) is 0 Å². The number of carbonyl (C=O) groups excluding carboxylic acids is 2. The van der Waals surface area contributed by atoms with Crippen LogP contribution in [0, 0.1) is 6.92 Å². The van der Waals surface area contributed by atoms with Crippen molar-refractivity contribution in [2.45, 2.75) is 32.4 Å². The number of carbonyl (C=O) groups is 2. The minimum Gasteiger partial charge on any atom is -0.351 e. The van der Waals surface area contributed by atoms with E-state index < -0.39 is 11.9 Å². The van der Waals surface area contributed by atoms with Crippen molar-refractivity contribution in [3.63, 3.8) is 0 Å². The summed E-state index contributed by atoms with van der Waals surface area (Å²) in [7, 11) is 0. The number of hydrogen-bond donors (Lipinski definition) is 4. The SMILES string of the molecule is Cc1ccsc1CNc1nc(NC2CC2)n2ncc(/C=C3\NC(=O)NC3=O)c2n1. The van der Waals surface area contributed by atoms with Crippen molar-refractivity contribution in [2.75, 3.05) is 10.6 Å². The fourth-order valence-electron chi connectivity index (χ4n) is 2.96. The van der Waals surface area contributed by atoms with Gasteiger partial charge in [0.1, 0.15) is 5.70 Å². The molecule has 3 amide bonds. The van der Waals surface area contributed by atoms with E-state index in [1.54, 1.807) is 28.1 Å². The highest BCUT2D eigenvalue weighted by Crippen LogP contribution is 2.26. The largest absolute Gasteiger partial charge is 0.351 e. The molecule has 0 aromatic carbocycles. The number of thiophene rings is 1. The van der Waals surface area contributed by atoms with Crippen molar-refractivity contribution in [2.24, 2.45) is 0 Å². The summed E-state index contributed by atoms with van der Waals surface area (Å²) in [6, 6.07) is 1.91. The van der Waals surface area contributed by atoms with E-state index in [0.717, 1.165) is 12.8 Å². The molecule has 1 aliphatic carbocycles. The molecular formula is C18H18N8O2S. The standard InChI is InChI=1S/C18H18N8O2S/c1-9-4-5-29-13(9)8-19-16-23-14-10(6-12-15(27)24-18(28)22-12)7-20-26(14)17(25-16)21-11-2-3-11/h4-7,11H,2-3,8H2,1H3,(H2,19,21,23,25)(H2,22,24,27,28)/b12-6-. The van der Waals surface area contributed by atoms with Crippen LogP contribution in [0.2, 0.25) is 0 Å². The lowest BCUT2D eigenvalue weighted by Crippen LogP contribution is -2.22. The molecule has 0 bridgehead atoms. The normalized spacial score (nSPS) is 17.6. The van der Waals surface area contributed by atoms with Crippen molar-refractivity contribution in [1.82, 2.24) is 30.2 Å². The number of amides is 3. The molecule has 0 spiro atoms. The van der Waals surface area contributed by atoms with Crippen molar-refractivity contribution >= 4 is 46.9 Å². The Morgan fingerprint density at radius 3 is 2.86 bits per heavy atom. The predicted octanol–water partition coefficient (Wildman–Crippen LogP) is 1.86. The van der Waals surface area contributed by atoms with E-state index in [4.69, 9.17) is 0 Å². The zero-order chi connectivity index (χ0) is 20.0. The molecule has 3 aromatic heterocycles. The van der Waals surface area contributed by atoms with Gasteiger partial charge in [0.05, 0.1) is 12.7 Å². The van der Waals surface area contributed by atoms with Gasteiger partial charge in [0.25, 0.3) is 5.91 Å². The molecular weight excluding hydrogens is 392 g/mol. The Labute approximate surface area is 169 Å². The maximum atomic E-state index is 11.9. The van der Waals surface area contributed by atoms with Gasteiger partial charge < -0.3 is 16.0 Å². The number of hydrogen-bond acceptors (Lipinski definition) is 8. The molecule has 1 saturated carbocycles. The molecule has 10 nitrogen and oxygen atoms in total. The molecule has 2 aliphatic rings. The van der Waals surface area contributed by atoms with Gasteiger partial charge in [-0.2, -0.15) is 19.6 Å². The quantitative estimate of drug-likeness (QED) is 0.361. The van der Waals surface area contributed by atoms with Crippen LogP contribution < -0.4 is 21.3 Å². The first-order valence-corrected chi connectivity index (χ1v) is 10.1. The van der Waals surface area contributed by atoms with Crippen molar-refractivity contribution in [3.05, 3.63) is 39.3 Å². The van der Waals surface area contributed by atoms with Gasteiger partial charge in [-0.25, -0.2) is 4.79 Å². The van der Waals surface area contributed by atoms with Gasteiger partial charge in [0, 0.05) is 16.5 Å². The lowest BCUT2D eigenvalue weighted by atomic mass is 10.2. The summed E-state index contributed by atoms with van der Waals surface area (Å²) in [5.41, 5.74) is 2.52. The average molecular weight is 410 g/mol. The second-order valence-electron chi connectivity index (χ2n) is 6.97. The summed E-state index contributed by atoms with van der Waals surface area (Å²) < 4.78 is 1.61. The molecule has 11 heteroatoms. The Morgan fingerprint density at radius 2 is 2.17 bits per heavy atom. The maximum Gasteiger partial charge on any atom is 0.326 e. The highest BCUT2D eigenvalue weighted by molar-refractivity contribution is 7.10. The third-order valence-electron chi connectivity index (χ3n) is 4.70. The van der Waals surface area contributed by atoms with Crippen LogP contribution in [-0.2, 0) is 11.3 Å². The molecule has 4 heterocycles. The third-order valence-corrected chi connectivity index (χ3v) is 5.72. The van der Waals surface area contributed by atoms with E-state index in [2.05, 4.69) is 54.7 Å². The molecule has 0 radical (unpaired) electrons. The van der Waals surface area contributed by atoms with Gasteiger partial charge in [-0.15, -0.1) is 11.3 Å². The van der Waals surface area contributed by atoms with Crippen molar-refractivity contribution in [3.8, 4) is 0 Å². The Kier molecular flexibility index (Phi) is 4.16. The zero-order valence-electron chi connectivity index (χ0n) is 15.5. The number of imide groups is 1. The molecule has 2 fully saturated rings. The highest BCUT2D eigenvalue weighted by Gasteiger charge is 2.26. The van der Waals surface area contributed by atoms with E-state index in [9.17, 15) is 9.59 Å². The molecule has 148 valence electrons. The zero-order valence-corrected chi connectivity index (χ0v) is 16.3. The first kappa shape index (κ1) is 17.6. The summed E-state index contributed by atoms with van der Waals surface area (Å²) >= 11 is 1.68. The Bertz CT molecular complexity index is 1160. The number of anilines is 2. The Balaban J connectivity index is 1.51. The van der Waals surface area contributed by atoms with Crippen LogP contribution in [0.3, 0.4) is 0 Å². The molecule has 0 unspecified atom stereocenters. The number of urea groups is 1. The van der Waals surface area contributed by atoms with Crippen LogP contribution in [0.4, 0.5) is 16.7 Å². The molecule has 1 aliphatic heterocycles. The molecule has 0 atom stereocenters. The Hall–Kier alpha value is -3.47. The third kappa shape index (κ3) is 3.51. The van der Waals surface area contributed by atoms with E-state index in [1.807, 2.05) is 0 Å². The topological polar surface area (TPSA) is 125 Å². The number of fused-ring (bicyclic) bond motifs is 1. The van der Waals surface area contributed by atoms with Crippen LogP contribution in [-0.4, -0.2) is 37.6 Å². The van der Waals surface area contributed by atoms with Gasteiger partial charge >= 0.3 is 6.03 Å². The monoisotopic (exact) mass is 410 g/mol. The van der Waals surface area contributed by atoms with E-state index in [-0.39, 0.29) is 5.70 Å². The summed E-state index contributed by atoms with van der Waals surface area (Å²) in [6.07, 6.45) is 5.34. The minimum atomic E-state index is -0.544.